The summed E-state index contributed by atoms with van der Waals surface area (Å²) < 4.78 is 10.8. The topological polar surface area (TPSA) is 48.4 Å². The Kier molecular flexibility index (Phi) is 5.84. The number of methoxy groups -OCH3 is 1. The minimum absolute atomic E-state index is 0.194. The van der Waals surface area contributed by atoms with Crippen LogP contribution in [0.15, 0.2) is 60.7 Å². The average Bonchev–Trinajstić information content (AvgIpc) is 2.70. The number of carbonyl (C=O) groups excluding carboxylic acids is 1. The van der Waals surface area contributed by atoms with Crippen molar-refractivity contribution in [2.75, 3.05) is 7.11 Å². The van der Waals surface area contributed by atoms with E-state index in [2.05, 4.69) is 18.0 Å². The molecule has 3 rings (SSSR count). The highest BCUT2D eigenvalue weighted by molar-refractivity contribution is 5.78. The first-order valence-electron chi connectivity index (χ1n) is 8.86. The first-order valence-corrected chi connectivity index (χ1v) is 8.86. The Balaban J connectivity index is 1.67. The largest absolute Gasteiger partial charge is 0.487 e. The fraction of sp³-hybridized carbons (Fsp3) is 0.273. The van der Waals surface area contributed by atoms with Gasteiger partial charge in [-0.25, -0.2) is 4.98 Å². The summed E-state index contributed by atoms with van der Waals surface area (Å²) in [6, 6.07) is 19.7. The highest BCUT2D eigenvalue weighted by Crippen LogP contribution is 2.25. The van der Waals surface area contributed by atoms with Crippen LogP contribution in [0, 0.1) is 0 Å². The number of pyridine rings is 1. The van der Waals surface area contributed by atoms with Gasteiger partial charge in [0.1, 0.15) is 12.4 Å². The van der Waals surface area contributed by atoms with Gasteiger partial charge in [-0.05, 0) is 36.2 Å². The monoisotopic (exact) mass is 349 g/mol. The number of hydrogen-bond donors (Lipinski definition) is 0. The third-order valence-corrected chi connectivity index (χ3v) is 4.39. The highest BCUT2D eigenvalue weighted by atomic mass is 16.5. The quantitative estimate of drug-likeness (QED) is 0.571. The SMILES string of the molecule is CCCC(C(=O)OC)c1ccc(OCc2ccc3ccccc3n2)cc1. The van der Waals surface area contributed by atoms with E-state index in [1.807, 2.05) is 54.6 Å². The molecule has 134 valence electrons. The van der Waals surface area contributed by atoms with Gasteiger partial charge in [0.25, 0.3) is 0 Å². The fourth-order valence-corrected chi connectivity index (χ4v) is 2.99. The van der Waals surface area contributed by atoms with Crippen LogP contribution in [0.25, 0.3) is 10.9 Å². The zero-order valence-electron chi connectivity index (χ0n) is 15.1. The summed E-state index contributed by atoms with van der Waals surface area (Å²) in [5.74, 6) is 0.339. The molecule has 0 bridgehead atoms. The lowest BCUT2D eigenvalue weighted by molar-refractivity contribution is -0.142. The van der Waals surface area contributed by atoms with Crippen LogP contribution in [-0.2, 0) is 16.1 Å². The Morgan fingerprint density at radius 3 is 2.54 bits per heavy atom. The lowest BCUT2D eigenvalue weighted by Crippen LogP contribution is -2.14. The predicted octanol–water partition coefficient (Wildman–Crippen LogP) is 4.87. The number of carbonyl (C=O) groups is 1. The molecule has 4 nitrogen and oxygen atoms in total. The Morgan fingerprint density at radius 1 is 1.04 bits per heavy atom. The second-order valence-electron chi connectivity index (χ2n) is 6.22. The Morgan fingerprint density at radius 2 is 1.81 bits per heavy atom. The van der Waals surface area contributed by atoms with E-state index in [1.54, 1.807) is 0 Å². The van der Waals surface area contributed by atoms with Gasteiger partial charge in [-0.15, -0.1) is 0 Å². The van der Waals surface area contributed by atoms with Crippen molar-refractivity contribution in [3.05, 3.63) is 71.9 Å². The summed E-state index contributed by atoms with van der Waals surface area (Å²) in [5.41, 5.74) is 2.80. The molecule has 0 saturated carbocycles. The molecule has 26 heavy (non-hydrogen) atoms. The molecule has 4 heteroatoms. The minimum atomic E-state index is -0.221. The van der Waals surface area contributed by atoms with E-state index in [-0.39, 0.29) is 11.9 Å². The van der Waals surface area contributed by atoms with Crippen molar-refractivity contribution >= 4 is 16.9 Å². The van der Waals surface area contributed by atoms with Crippen LogP contribution in [0.5, 0.6) is 5.75 Å². The van der Waals surface area contributed by atoms with Crippen LogP contribution < -0.4 is 4.74 Å². The van der Waals surface area contributed by atoms with E-state index in [4.69, 9.17) is 9.47 Å². The number of benzene rings is 2. The molecule has 0 spiro atoms. The molecular formula is C22H23NO3. The molecule has 0 aliphatic rings. The standard InChI is InChI=1S/C22H23NO3/c1-3-6-20(22(24)25-2)16-10-13-19(14-11-16)26-15-18-12-9-17-7-4-5-8-21(17)23-18/h4-5,7-14,20H,3,6,15H2,1-2H3. The summed E-state index contributed by atoms with van der Waals surface area (Å²) in [5, 5.41) is 1.12. The van der Waals surface area contributed by atoms with Crippen molar-refractivity contribution < 1.29 is 14.3 Å². The Hall–Kier alpha value is -2.88. The normalized spacial score (nSPS) is 11.9. The first-order chi connectivity index (χ1) is 12.7. The van der Waals surface area contributed by atoms with Crippen molar-refractivity contribution in [2.24, 2.45) is 0 Å². The summed E-state index contributed by atoms with van der Waals surface area (Å²) in [6.45, 7) is 2.46. The molecule has 0 aliphatic carbocycles. The maximum atomic E-state index is 11.9. The number of aromatic nitrogens is 1. The summed E-state index contributed by atoms with van der Waals surface area (Å²) in [6.07, 6.45) is 1.69. The minimum Gasteiger partial charge on any atom is -0.487 e. The van der Waals surface area contributed by atoms with E-state index in [1.165, 1.54) is 7.11 Å². The predicted molar refractivity (Wildman–Crippen MR) is 102 cm³/mol. The maximum absolute atomic E-state index is 11.9. The van der Waals surface area contributed by atoms with Gasteiger partial charge in [-0.1, -0.05) is 49.7 Å². The molecule has 1 aromatic heterocycles. The Labute approximate surface area is 153 Å². The van der Waals surface area contributed by atoms with Gasteiger partial charge >= 0.3 is 5.97 Å². The van der Waals surface area contributed by atoms with Gasteiger partial charge in [0.2, 0.25) is 0 Å². The molecular weight excluding hydrogens is 326 g/mol. The summed E-state index contributed by atoms with van der Waals surface area (Å²) >= 11 is 0. The van der Waals surface area contributed by atoms with Gasteiger partial charge in [0.05, 0.1) is 24.2 Å². The third kappa shape index (κ3) is 4.20. The van der Waals surface area contributed by atoms with Crippen molar-refractivity contribution in [1.29, 1.82) is 0 Å². The van der Waals surface area contributed by atoms with Crippen molar-refractivity contribution in [3.63, 3.8) is 0 Å². The van der Waals surface area contributed by atoms with Crippen molar-refractivity contribution in [1.82, 2.24) is 4.98 Å². The summed E-state index contributed by atoms with van der Waals surface area (Å²) in [4.78, 5) is 16.6. The number of rotatable bonds is 7. The number of ether oxygens (including phenoxy) is 2. The second kappa shape index (κ2) is 8.48. The molecule has 0 radical (unpaired) electrons. The van der Waals surface area contributed by atoms with Crippen LogP contribution in [0.2, 0.25) is 0 Å². The number of hydrogen-bond acceptors (Lipinski definition) is 4. The molecule has 1 unspecified atom stereocenters. The number of fused-ring (bicyclic) bond motifs is 1. The zero-order valence-corrected chi connectivity index (χ0v) is 15.1. The molecule has 0 amide bonds. The maximum Gasteiger partial charge on any atom is 0.313 e. The van der Waals surface area contributed by atoms with Crippen LogP contribution >= 0.6 is 0 Å². The lowest BCUT2D eigenvalue weighted by atomic mass is 9.94. The first kappa shape index (κ1) is 17.9. The third-order valence-electron chi connectivity index (χ3n) is 4.39. The van der Waals surface area contributed by atoms with E-state index in [0.29, 0.717) is 6.61 Å². The number of nitrogens with zero attached hydrogens (tertiary/aromatic N) is 1. The average molecular weight is 349 g/mol. The van der Waals surface area contributed by atoms with E-state index >= 15 is 0 Å². The van der Waals surface area contributed by atoms with Crippen LogP contribution in [0.3, 0.4) is 0 Å². The molecule has 3 aromatic rings. The van der Waals surface area contributed by atoms with E-state index in [9.17, 15) is 4.79 Å². The molecule has 1 heterocycles. The highest BCUT2D eigenvalue weighted by Gasteiger charge is 2.20. The van der Waals surface area contributed by atoms with Gasteiger partial charge in [0, 0.05) is 5.39 Å². The smallest absolute Gasteiger partial charge is 0.313 e. The molecule has 2 aromatic carbocycles. The van der Waals surface area contributed by atoms with Crippen molar-refractivity contribution in [3.8, 4) is 5.75 Å². The number of para-hydroxylation sites is 1. The molecule has 0 fully saturated rings. The Bertz CT molecular complexity index is 874. The second-order valence-corrected chi connectivity index (χ2v) is 6.22. The lowest BCUT2D eigenvalue weighted by Gasteiger charge is -2.14. The van der Waals surface area contributed by atoms with E-state index < -0.39 is 0 Å². The molecule has 0 aliphatic heterocycles. The van der Waals surface area contributed by atoms with Crippen LogP contribution in [0.4, 0.5) is 0 Å². The van der Waals surface area contributed by atoms with Crippen LogP contribution in [-0.4, -0.2) is 18.1 Å². The van der Waals surface area contributed by atoms with Crippen molar-refractivity contribution in [2.45, 2.75) is 32.3 Å². The molecule has 0 saturated heterocycles. The molecule has 1 atom stereocenters. The van der Waals surface area contributed by atoms with Gasteiger partial charge in [-0.2, -0.15) is 0 Å². The van der Waals surface area contributed by atoms with Gasteiger partial charge in [-0.3, -0.25) is 4.79 Å². The van der Waals surface area contributed by atoms with E-state index in [0.717, 1.165) is 40.8 Å². The zero-order chi connectivity index (χ0) is 18.4. The fourth-order valence-electron chi connectivity index (χ4n) is 2.99. The summed E-state index contributed by atoms with van der Waals surface area (Å²) in [7, 11) is 1.43. The van der Waals surface area contributed by atoms with Gasteiger partial charge < -0.3 is 9.47 Å². The molecule has 0 N–H and O–H groups in total. The number of esters is 1. The van der Waals surface area contributed by atoms with Crippen LogP contribution in [0.1, 0.15) is 36.9 Å². The van der Waals surface area contributed by atoms with Gasteiger partial charge in [0.15, 0.2) is 0 Å².